The molecule has 0 radical (unpaired) electrons. The minimum Gasteiger partial charge on any atom is -0.439 e. The van der Waals surface area contributed by atoms with Crippen molar-refractivity contribution < 1.29 is 4.42 Å². The quantitative estimate of drug-likeness (QED) is 0.628. The molecule has 0 bridgehead atoms. The van der Waals surface area contributed by atoms with Gasteiger partial charge in [-0.3, -0.25) is 0 Å². The van der Waals surface area contributed by atoms with E-state index in [0.717, 1.165) is 6.21 Å². The highest BCUT2D eigenvalue weighted by Crippen LogP contribution is 2.08. The number of aromatic nitrogens is 1. The van der Waals surface area contributed by atoms with Gasteiger partial charge in [-0.2, -0.15) is 0 Å². The van der Waals surface area contributed by atoms with Crippen LogP contribution in [-0.2, 0) is 0 Å². The standard InChI is InChI=1S/C7H8N2O/c1-3-6-7(4-8)10-5(2)9-6/h3-4,8H,1H2,2H3. The first-order valence-corrected chi connectivity index (χ1v) is 2.88. The Morgan fingerprint density at radius 1 is 1.70 bits per heavy atom. The molecule has 1 rings (SSSR count). The van der Waals surface area contributed by atoms with Gasteiger partial charge >= 0.3 is 0 Å². The van der Waals surface area contributed by atoms with E-state index in [1.165, 1.54) is 0 Å². The Balaban J connectivity index is 3.20. The van der Waals surface area contributed by atoms with Crippen molar-refractivity contribution in [2.45, 2.75) is 6.92 Å². The molecule has 0 aliphatic carbocycles. The van der Waals surface area contributed by atoms with E-state index in [1.807, 2.05) is 0 Å². The van der Waals surface area contributed by atoms with Crippen LogP contribution in [0.2, 0.25) is 0 Å². The second kappa shape index (κ2) is 2.47. The van der Waals surface area contributed by atoms with Crippen LogP contribution in [0.1, 0.15) is 17.3 Å². The Labute approximate surface area is 58.9 Å². The van der Waals surface area contributed by atoms with Crippen LogP contribution < -0.4 is 0 Å². The van der Waals surface area contributed by atoms with Gasteiger partial charge in [-0.05, 0) is 6.08 Å². The van der Waals surface area contributed by atoms with Gasteiger partial charge in [0, 0.05) is 6.92 Å². The molecule has 0 aliphatic heterocycles. The van der Waals surface area contributed by atoms with Crippen molar-refractivity contribution in [1.82, 2.24) is 4.98 Å². The van der Waals surface area contributed by atoms with E-state index in [-0.39, 0.29) is 0 Å². The van der Waals surface area contributed by atoms with Crippen LogP contribution in [0.5, 0.6) is 0 Å². The van der Waals surface area contributed by atoms with Crippen molar-refractivity contribution in [1.29, 1.82) is 5.41 Å². The molecular formula is C7H8N2O. The third kappa shape index (κ3) is 0.978. The molecule has 0 aliphatic rings. The molecule has 3 heteroatoms. The highest BCUT2D eigenvalue weighted by Gasteiger charge is 2.02. The Morgan fingerprint density at radius 2 is 2.40 bits per heavy atom. The summed E-state index contributed by atoms with van der Waals surface area (Å²) < 4.78 is 5.03. The zero-order chi connectivity index (χ0) is 7.56. The van der Waals surface area contributed by atoms with E-state index in [4.69, 9.17) is 9.83 Å². The third-order valence-electron chi connectivity index (χ3n) is 1.11. The largest absolute Gasteiger partial charge is 0.439 e. The number of hydrogen-bond acceptors (Lipinski definition) is 3. The lowest BCUT2D eigenvalue weighted by molar-refractivity contribution is 0.515. The maximum Gasteiger partial charge on any atom is 0.192 e. The molecule has 0 saturated heterocycles. The lowest BCUT2D eigenvalue weighted by Gasteiger charge is -1.80. The summed E-state index contributed by atoms with van der Waals surface area (Å²) in [5.41, 5.74) is 0.632. The van der Waals surface area contributed by atoms with E-state index in [1.54, 1.807) is 13.0 Å². The fraction of sp³-hybridized carbons (Fsp3) is 0.143. The lowest BCUT2D eigenvalue weighted by Crippen LogP contribution is -1.78. The number of hydrogen-bond donors (Lipinski definition) is 1. The Kier molecular flexibility index (Phi) is 1.67. The highest BCUT2D eigenvalue weighted by molar-refractivity contribution is 5.78. The summed E-state index contributed by atoms with van der Waals surface area (Å²) in [6.45, 7) is 5.26. The summed E-state index contributed by atoms with van der Waals surface area (Å²) in [5.74, 6) is 1.03. The van der Waals surface area contributed by atoms with Gasteiger partial charge in [0.25, 0.3) is 0 Å². The normalized spacial score (nSPS) is 9.30. The van der Waals surface area contributed by atoms with Crippen LogP contribution in [-0.4, -0.2) is 11.2 Å². The van der Waals surface area contributed by atoms with Crippen LogP contribution >= 0.6 is 0 Å². The van der Waals surface area contributed by atoms with Gasteiger partial charge in [-0.15, -0.1) is 0 Å². The van der Waals surface area contributed by atoms with E-state index < -0.39 is 0 Å². The van der Waals surface area contributed by atoms with Crippen molar-refractivity contribution in [3.63, 3.8) is 0 Å². The number of nitrogens with zero attached hydrogens (tertiary/aromatic N) is 1. The van der Waals surface area contributed by atoms with Crippen LogP contribution in [0.4, 0.5) is 0 Å². The van der Waals surface area contributed by atoms with Crippen molar-refractivity contribution >= 4 is 12.3 Å². The number of oxazole rings is 1. The number of rotatable bonds is 2. The molecule has 1 aromatic heterocycles. The molecule has 0 atom stereocenters. The van der Waals surface area contributed by atoms with Crippen LogP contribution in [0, 0.1) is 12.3 Å². The smallest absolute Gasteiger partial charge is 0.192 e. The van der Waals surface area contributed by atoms with E-state index in [0.29, 0.717) is 17.3 Å². The molecule has 0 spiro atoms. The maximum atomic E-state index is 6.89. The Hall–Kier alpha value is -1.38. The fourth-order valence-corrected chi connectivity index (χ4v) is 0.709. The van der Waals surface area contributed by atoms with E-state index in [2.05, 4.69) is 11.6 Å². The second-order valence-corrected chi connectivity index (χ2v) is 1.83. The maximum absolute atomic E-state index is 6.89. The minimum atomic E-state index is 0.465. The molecule has 52 valence electrons. The topological polar surface area (TPSA) is 49.9 Å². The summed E-state index contributed by atoms with van der Waals surface area (Å²) in [5, 5.41) is 6.89. The molecule has 3 nitrogen and oxygen atoms in total. The molecule has 0 aromatic carbocycles. The van der Waals surface area contributed by atoms with E-state index in [9.17, 15) is 0 Å². The predicted molar refractivity (Wildman–Crippen MR) is 39.2 cm³/mol. The molecule has 1 N–H and O–H groups in total. The average Bonchev–Trinajstić information content (AvgIpc) is 2.30. The van der Waals surface area contributed by atoms with Gasteiger partial charge in [-0.1, -0.05) is 6.58 Å². The molecular weight excluding hydrogens is 128 g/mol. The van der Waals surface area contributed by atoms with Crippen molar-refractivity contribution in [2.75, 3.05) is 0 Å². The summed E-state index contributed by atoms with van der Waals surface area (Å²) in [7, 11) is 0. The van der Waals surface area contributed by atoms with Gasteiger partial charge in [0.1, 0.15) is 5.69 Å². The third-order valence-corrected chi connectivity index (χ3v) is 1.11. The van der Waals surface area contributed by atoms with Gasteiger partial charge < -0.3 is 9.83 Å². The fourth-order valence-electron chi connectivity index (χ4n) is 0.709. The highest BCUT2D eigenvalue weighted by atomic mass is 16.4. The average molecular weight is 136 g/mol. The first kappa shape index (κ1) is 6.74. The first-order valence-electron chi connectivity index (χ1n) is 2.88. The van der Waals surface area contributed by atoms with Gasteiger partial charge in [0.05, 0.1) is 6.21 Å². The summed E-state index contributed by atoms with van der Waals surface area (Å²) in [6.07, 6.45) is 2.69. The number of nitrogens with one attached hydrogen (secondary N) is 1. The summed E-state index contributed by atoms with van der Waals surface area (Å²) in [4.78, 5) is 3.96. The minimum absolute atomic E-state index is 0.465. The first-order chi connectivity index (χ1) is 4.77. The molecule has 0 fully saturated rings. The molecule has 1 heterocycles. The van der Waals surface area contributed by atoms with Crippen LogP contribution in [0.25, 0.3) is 6.08 Å². The predicted octanol–water partition coefficient (Wildman–Crippen LogP) is 1.62. The SMILES string of the molecule is C=Cc1nc(C)oc1C=N. The van der Waals surface area contributed by atoms with Crippen LogP contribution in [0.15, 0.2) is 11.0 Å². The Morgan fingerprint density at radius 3 is 2.80 bits per heavy atom. The molecule has 1 aromatic rings. The van der Waals surface area contributed by atoms with Gasteiger partial charge in [0.15, 0.2) is 11.7 Å². The number of aryl methyl sites for hydroxylation is 1. The Bertz CT molecular complexity index is 237. The molecule has 0 unspecified atom stereocenters. The van der Waals surface area contributed by atoms with Gasteiger partial charge in [0.2, 0.25) is 0 Å². The molecule has 0 saturated carbocycles. The van der Waals surface area contributed by atoms with Crippen LogP contribution in [0.3, 0.4) is 0 Å². The van der Waals surface area contributed by atoms with Crippen molar-refractivity contribution in [3.05, 3.63) is 23.9 Å². The zero-order valence-electron chi connectivity index (χ0n) is 5.72. The summed E-state index contributed by atoms with van der Waals surface area (Å²) in [6, 6.07) is 0. The molecule has 0 amide bonds. The van der Waals surface area contributed by atoms with Gasteiger partial charge in [-0.25, -0.2) is 4.98 Å². The molecule has 10 heavy (non-hydrogen) atoms. The zero-order valence-corrected chi connectivity index (χ0v) is 5.72. The summed E-state index contributed by atoms with van der Waals surface area (Å²) >= 11 is 0. The van der Waals surface area contributed by atoms with Crippen molar-refractivity contribution in [3.8, 4) is 0 Å². The van der Waals surface area contributed by atoms with E-state index >= 15 is 0 Å². The second-order valence-electron chi connectivity index (χ2n) is 1.83. The lowest BCUT2D eigenvalue weighted by atomic mass is 10.3. The van der Waals surface area contributed by atoms with Crippen molar-refractivity contribution in [2.24, 2.45) is 0 Å². The monoisotopic (exact) mass is 136 g/mol.